The van der Waals surface area contributed by atoms with Gasteiger partial charge in [0.25, 0.3) is 5.91 Å². The first kappa shape index (κ1) is 23.9. The van der Waals surface area contributed by atoms with Gasteiger partial charge >= 0.3 is 5.97 Å². The van der Waals surface area contributed by atoms with E-state index in [2.05, 4.69) is 5.32 Å². The van der Waals surface area contributed by atoms with Crippen LogP contribution in [0.1, 0.15) is 21.5 Å². The topological polar surface area (TPSA) is 88.4 Å². The van der Waals surface area contributed by atoms with Crippen molar-refractivity contribution < 1.29 is 19.1 Å². The molecule has 0 unspecified atom stereocenters. The van der Waals surface area contributed by atoms with Gasteiger partial charge < -0.3 is 14.8 Å². The first-order valence-corrected chi connectivity index (χ1v) is 10.4. The number of anilines is 1. The van der Waals surface area contributed by atoms with Crippen LogP contribution in [0.4, 0.5) is 5.69 Å². The summed E-state index contributed by atoms with van der Waals surface area (Å²) in [4.78, 5) is 24.5. The van der Waals surface area contributed by atoms with Crippen molar-refractivity contribution in [2.75, 3.05) is 12.4 Å². The highest BCUT2D eigenvalue weighted by atomic mass is 35.5. The number of esters is 1. The fourth-order valence-electron chi connectivity index (χ4n) is 2.88. The molecule has 0 saturated heterocycles. The Balaban J connectivity index is 1.75. The van der Waals surface area contributed by atoms with E-state index in [0.717, 1.165) is 5.56 Å². The number of benzene rings is 3. The van der Waals surface area contributed by atoms with Crippen LogP contribution >= 0.6 is 23.2 Å². The third-order valence-corrected chi connectivity index (χ3v) is 5.22. The molecule has 3 rings (SSSR count). The van der Waals surface area contributed by atoms with Gasteiger partial charge in [0.2, 0.25) is 0 Å². The number of nitriles is 1. The van der Waals surface area contributed by atoms with Gasteiger partial charge in [0, 0.05) is 10.6 Å². The molecule has 0 saturated carbocycles. The molecule has 0 heterocycles. The molecule has 0 spiro atoms. The van der Waals surface area contributed by atoms with Gasteiger partial charge in [0.1, 0.15) is 24.0 Å². The number of carbonyl (C=O) groups excluding carboxylic acids is 2. The van der Waals surface area contributed by atoms with E-state index >= 15 is 0 Å². The quantitative estimate of drug-likeness (QED) is 0.258. The fourth-order valence-corrected chi connectivity index (χ4v) is 3.31. The predicted molar refractivity (Wildman–Crippen MR) is 127 cm³/mol. The highest BCUT2D eigenvalue weighted by Gasteiger charge is 2.16. The number of ether oxygens (including phenoxy) is 2. The Morgan fingerprint density at radius 2 is 1.76 bits per heavy atom. The maximum atomic E-state index is 12.6. The van der Waals surface area contributed by atoms with Gasteiger partial charge in [-0.1, -0.05) is 59.6 Å². The Bertz CT molecular complexity index is 1270. The summed E-state index contributed by atoms with van der Waals surface area (Å²) in [5.41, 5.74) is 1.58. The molecule has 6 nitrogen and oxygen atoms in total. The minimum Gasteiger partial charge on any atom is -0.487 e. The number of nitrogens with one attached hydrogen (secondary N) is 1. The normalized spacial score (nSPS) is 10.8. The predicted octanol–water partition coefficient (Wildman–Crippen LogP) is 5.90. The van der Waals surface area contributed by atoms with Gasteiger partial charge in [-0.2, -0.15) is 5.26 Å². The van der Waals surface area contributed by atoms with E-state index in [1.807, 2.05) is 24.3 Å². The number of amides is 1. The molecular weight excluding hydrogens is 463 g/mol. The van der Waals surface area contributed by atoms with Crippen molar-refractivity contribution >= 4 is 46.8 Å². The smallest absolute Gasteiger partial charge is 0.339 e. The molecule has 0 aromatic heterocycles. The highest BCUT2D eigenvalue weighted by Crippen LogP contribution is 2.28. The third kappa shape index (κ3) is 6.13. The van der Waals surface area contributed by atoms with E-state index in [-0.39, 0.29) is 23.4 Å². The molecule has 33 heavy (non-hydrogen) atoms. The molecule has 3 aromatic rings. The molecule has 0 radical (unpaired) electrons. The first-order chi connectivity index (χ1) is 15.9. The van der Waals surface area contributed by atoms with E-state index < -0.39 is 11.9 Å². The summed E-state index contributed by atoms with van der Waals surface area (Å²) in [6.45, 7) is 0.236. The lowest BCUT2D eigenvalue weighted by molar-refractivity contribution is -0.112. The minimum atomic E-state index is -0.677. The zero-order valence-electron chi connectivity index (χ0n) is 17.5. The summed E-state index contributed by atoms with van der Waals surface area (Å²) in [5.74, 6) is -0.847. The van der Waals surface area contributed by atoms with Gasteiger partial charge in [-0.3, -0.25) is 4.79 Å². The molecule has 166 valence electrons. The highest BCUT2D eigenvalue weighted by molar-refractivity contribution is 6.32. The first-order valence-electron chi connectivity index (χ1n) is 9.69. The SMILES string of the molecule is COC(=O)c1ccccc1NC(=O)/C(C#N)=C/c1ccc(OCc2ccccc2Cl)c(Cl)c1. The van der Waals surface area contributed by atoms with Crippen LogP contribution in [0.25, 0.3) is 6.08 Å². The number of hydrogen-bond acceptors (Lipinski definition) is 5. The number of rotatable bonds is 7. The van der Waals surface area contributed by atoms with E-state index in [9.17, 15) is 14.9 Å². The van der Waals surface area contributed by atoms with Crippen molar-refractivity contribution in [3.8, 4) is 11.8 Å². The van der Waals surface area contributed by atoms with E-state index in [1.165, 1.54) is 19.3 Å². The molecule has 0 atom stereocenters. The monoisotopic (exact) mass is 480 g/mol. The lowest BCUT2D eigenvalue weighted by Crippen LogP contribution is -2.16. The van der Waals surface area contributed by atoms with Gasteiger partial charge in [-0.15, -0.1) is 0 Å². The van der Waals surface area contributed by atoms with Crippen LogP contribution < -0.4 is 10.1 Å². The molecule has 0 aliphatic carbocycles. The van der Waals surface area contributed by atoms with Crippen LogP contribution in [0.3, 0.4) is 0 Å². The lowest BCUT2D eigenvalue weighted by Gasteiger charge is -2.10. The Hall–Kier alpha value is -3.79. The van der Waals surface area contributed by atoms with Crippen LogP contribution in [0, 0.1) is 11.3 Å². The maximum Gasteiger partial charge on any atom is 0.339 e. The van der Waals surface area contributed by atoms with Crippen molar-refractivity contribution in [1.82, 2.24) is 0 Å². The second-order valence-electron chi connectivity index (χ2n) is 6.73. The number of carbonyl (C=O) groups is 2. The number of halogens is 2. The summed E-state index contributed by atoms with van der Waals surface area (Å²) in [6.07, 6.45) is 1.39. The van der Waals surface area contributed by atoms with E-state index in [4.69, 9.17) is 32.7 Å². The number of para-hydroxylation sites is 1. The molecule has 0 aliphatic heterocycles. The van der Waals surface area contributed by atoms with Crippen molar-refractivity contribution in [1.29, 1.82) is 5.26 Å². The molecule has 3 aromatic carbocycles. The Labute approximate surface area is 201 Å². The average molecular weight is 481 g/mol. The van der Waals surface area contributed by atoms with Gasteiger partial charge in [-0.25, -0.2) is 4.79 Å². The van der Waals surface area contributed by atoms with Gasteiger partial charge in [-0.05, 0) is 42.0 Å². The van der Waals surface area contributed by atoms with Crippen molar-refractivity contribution in [2.24, 2.45) is 0 Å². The van der Waals surface area contributed by atoms with Crippen molar-refractivity contribution in [3.05, 3.63) is 99.0 Å². The average Bonchev–Trinajstić information content (AvgIpc) is 2.82. The minimum absolute atomic E-state index is 0.171. The fraction of sp³-hybridized carbons (Fsp3) is 0.0800. The summed E-state index contributed by atoms with van der Waals surface area (Å²) in [5, 5.41) is 12.9. The zero-order chi connectivity index (χ0) is 23.8. The second-order valence-corrected chi connectivity index (χ2v) is 7.55. The lowest BCUT2D eigenvalue weighted by atomic mass is 10.1. The number of nitrogens with zero attached hydrogens (tertiary/aromatic N) is 1. The molecule has 1 N–H and O–H groups in total. The van der Waals surface area contributed by atoms with Gasteiger partial charge in [0.15, 0.2) is 0 Å². The van der Waals surface area contributed by atoms with E-state index in [0.29, 0.717) is 21.4 Å². The Morgan fingerprint density at radius 3 is 2.45 bits per heavy atom. The van der Waals surface area contributed by atoms with E-state index in [1.54, 1.807) is 42.5 Å². The van der Waals surface area contributed by atoms with Crippen LogP contribution in [0.15, 0.2) is 72.3 Å². The van der Waals surface area contributed by atoms with Crippen LogP contribution in [-0.2, 0) is 16.1 Å². The largest absolute Gasteiger partial charge is 0.487 e. The Morgan fingerprint density at radius 1 is 1.03 bits per heavy atom. The third-order valence-electron chi connectivity index (χ3n) is 4.55. The summed E-state index contributed by atoms with van der Waals surface area (Å²) in [7, 11) is 1.24. The zero-order valence-corrected chi connectivity index (χ0v) is 19.0. The van der Waals surface area contributed by atoms with Crippen molar-refractivity contribution in [2.45, 2.75) is 6.61 Å². The maximum absolute atomic E-state index is 12.6. The van der Waals surface area contributed by atoms with Crippen LogP contribution in [-0.4, -0.2) is 19.0 Å². The number of methoxy groups -OCH3 is 1. The molecular formula is C25H18Cl2N2O4. The van der Waals surface area contributed by atoms with Gasteiger partial charge in [0.05, 0.1) is 23.4 Å². The standard InChI is InChI=1S/C25H18Cl2N2O4/c1-32-25(31)19-7-3-5-9-22(19)29-24(30)18(14-28)12-16-10-11-23(21(27)13-16)33-15-17-6-2-4-8-20(17)26/h2-13H,15H2,1H3,(H,29,30)/b18-12+. The molecule has 1 amide bonds. The Kier molecular flexibility index (Phi) is 8.09. The number of hydrogen-bond donors (Lipinski definition) is 1. The summed E-state index contributed by atoms with van der Waals surface area (Å²) in [6, 6.07) is 20.4. The van der Waals surface area contributed by atoms with Crippen LogP contribution in [0.2, 0.25) is 10.0 Å². The second kappa shape index (κ2) is 11.2. The molecule has 0 fully saturated rings. The molecule has 0 aliphatic rings. The summed E-state index contributed by atoms with van der Waals surface area (Å²) < 4.78 is 10.5. The van der Waals surface area contributed by atoms with Crippen molar-refractivity contribution in [3.63, 3.8) is 0 Å². The summed E-state index contributed by atoms with van der Waals surface area (Å²) >= 11 is 12.5. The molecule has 0 bridgehead atoms. The van der Waals surface area contributed by atoms with Crippen LogP contribution in [0.5, 0.6) is 5.75 Å². The molecule has 8 heteroatoms.